The van der Waals surface area contributed by atoms with E-state index in [4.69, 9.17) is 0 Å². The largest absolute Gasteiger partial charge is 0.550 e. The minimum absolute atomic E-state index is 0.323. The van der Waals surface area contributed by atoms with Crippen LogP contribution in [0, 0.1) is 0 Å². The van der Waals surface area contributed by atoms with Gasteiger partial charge in [0.25, 0.3) is 0 Å². The molecule has 0 unspecified atom stereocenters. The number of aliphatic hydroxyl groups is 1. The summed E-state index contributed by atoms with van der Waals surface area (Å²) < 4.78 is 0.482. The molecule has 146 valence electrons. The molecule has 4 heteroatoms. The van der Waals surface area contributed by atoms with Crippen molar-refractivity contribution in [3.8, 4) is 0 Å². The van der Waals surface area contributed by atoms with Gasteiger partial charge in [0.15, 0.2) is 0 Å². The van der Waals surface area contributed by atoms with Crippen LogP contribution < -0.4 is 5.11 Å². The monoisotopic (exact) mass is 353 g/mol. The standard InChI is InChI=1S/C21H39NO3/c1-5-6-7-8-9-10-11-12-13-14-15-16-17-21(25,18-20(23)24)19-22(2,3)4/h14-17,25H,5-13,18-19H2,1-4H3/t21-/m1/s1. The van der Waals surface area contributed by atoms with Crippen LogP contribution in [0.15, 0.2) is 24.3 Å². The number of rotatable bonds is 15. The van der Waals surface area contributed by atoms with Crippen LogP contribution in [-0.2, 0) is 4.79 Å². The molecule has 0 rings (SSSR count). The number of unbranched alkanes of at least 4 members (excludes halogenated alkanes) is 8. The van der Waals surface area contributed by atoms with Crippen LogP contribution in [0.1, 0.15) is 71.1 Å². The van der Waals surface area contributed by atoms with E-state index in [2.05, 4.69) is 13.0 Å². The highest BCUT2D eigenvalue weighted by Crippen LogP contribution is 2.16. The number of carbonyl (C=O) groups excluding carboxylic acids is 1. The van der Waals surface area contributed by atoms with E-state index in [0.717, 1.165) is 6.42 Å². The molecule has 1 atom stereocenters. The fourth-order valence-electron chi connectivity index (χ4n) is 3.04. The number of allylic oxidation sites excluding steroid dienone is 3. The van der Waals surface area contributed by atoms with E-state index in [0.29, 0.717) is 11.0 Å². The lowest BCUT2D eigenvalue weighted by atomic mass is 9.97. The summed E-state index contributed by atoms with van der Waals surface area (Å²) in [5.74, 6) is -1.23. The van der Waals surface area contributed by atoms with Crippen LogP contribution in [0.3, 0.4) is 0 Å². The molecule has 0 aliphatic rings. The third-order valence-electron chi connectivity index (χ3n) is 4.08. The molecule has 0 aromatic rings. The van der Waals surface area contributed by atoms with Crippen molar-refractivity contribution in [2.24, 2.45) is 0 Å². The van der Waals surface area contributed by atoms with Crippen molar-refractivity contribution in [2.75, 3.05) is 27.7 Å². The summed E-state index contributed by atoms with van der Waals surface area (Å²) in [6.45, 7) is 2.56. The second kappa shape index (κ2) is 13.1. The molecule has 0 aliphatic heterocycles. The average molecular weight is 354 g/mol. The first kappa shape index (κ1) is 23.9. The Bertz CT molecular complexity index is 410. The Kier molecular flexibility index (Phi) is 12.5. The lowest BCUT2D eigenvalue weighted by Crippen LogP contribution is -2.50. The minimum atomic E-state index is -1.38. The van der Waals surface area contributed by atoms with Crippen LogP contribution in [0.25, 0.3) is 0 Å². The van der Waals surface area contributed by atoms with Crippen molar-refractivity contribution in [1.82, 2.24) is 0 Å². The number of carboxylic acid groups (broad SMARTS) is 1. The summed E-state index contributed by atoms with van der Waals surface area (Å²) in [7, 11) is 5.77. The minimum Gasteiger partial charge on any atom is -0.550 e. The van der Waals surface area contributed by atoms with Crippen LogP contribution >= 0.6 is 0 Å². The maximum Gasteiger partial charge on any atom is 0.137 e. The summed E-state index contributed by atoms with van der Waals surface area (Å²) >= 11 is 0. The molecule has 0 amide bonds. The van der Waals surface area contributed by atoms with E-state index in [9.17, 15) is 15.0 Å². The molecule has 4 nitrogen and oxygen atoms in total. The van der Waals surface area contributed by atoms with Crippen molar-refractivity contribution in [3.63, 3.8) is 0 Å². The Morgan fingerprint density at radius 1 is 1.00 bits per heavy atom. The Morgan fingerprint density at radius 2 is 1.56 bits per heavy atom. The molecule has 25 heavy (non-hydrogen) atoms. The molecule has 0 aromatic carbocycles. The Morgan fingerprint density at radius 3 is 2.08 bits per heavy atom. The molecule has 0 heterocycles. The van der Waals surface area contributed by atoms with Crippen LogP contribution in [0.2, 0.25) is 0 Å². The molecule has 0 saturated carbocycles. The average Bonchev–Trinajstić information content (AvgIpc) is 2.45. The number of quaternary nitrogens is 1. The van der Waals surface area contributed by atoms with Gasteiger partial charge in [-0.15, -0.1) is 0 Å². The molecule has 0 saturated heterocycles. The highest BCUT2D eigenvalue weighted by Gasteiger charge is 2.30. The summed E-state index contributed by atoms with van der Waals surface area (Å²) in [4.78, 5) is 10.9. The summed E-state index contributed by atoms with van der Waals surface area (Å²) in [6, 6.07) is 0. The third-order valence-corrected chi connectivity index (χ3v) is 4.08. The smallest absolute Gasteiger partial charge is 0.137 e. The van der Waals surface area contributed by atoms with Gasteiger partial charge in [-0.2, -0.15) is 0 Å². The lowest BCUT2D eigenvalue weighted by molar-refractivity contribution is -0.876. The number of carboxylic acids is 1. The molecule has 0 aromatic heterocycles. The van der Waals surface area contributed by atoms with Crippen LogP contribution in [0.4, 0.5) is 0 Å². The molecule has 0 radical (unpaired) electrons. The van der Waals surface area contributed by atoms with Gasteiger partial charge in [0.2, 0.25) is 0 Å². The summed E-state index contributed by atoms with van der Waals surface area (Å²) in [5.41, 5.74) is -1.38. The van der Waals surface area contributed by atoms with Gasteiger partial charge in [0.05, 0.1) is 21.1 Å². The molecule has 1 N–H and O–H groups in total. The molecule has 0 aliphatic carbocycles. The van der Waals surface area contributed by atoms with E-state index in [1.165, 1.54) is 51.4 Å². The zero-order valence-electron chi connectivity index (χ0n) is 16.8. The third kappa shape index (κ3) is 16.1. The second-order valence-corrected chi connectivity index (χ2v) is 8.15. The van der Waals surface area contributed by atoms with E-state index >= 15 is 0 Å². The Hall–Kier alpha value is -1.13. The van der Waals surface area contributed by atoms with Crippen molar-refractivity contribution >= 4 is 5.97 Å². The molecule has 0 spiro atoms. The molecule has 0 bridgehead atoms. The molecular formula is C21H39NO3. The van der Waals surface area contributed by atoms with Gasteiger partial charge in [0.1, 0.15) is 12.1 Å². The number of carbonyl (C=O) groups is 1. The van der Waals surface area contributed by atoms with E-state index < -0.39 is 11.6 Å². The van der Waals surface area contributed by atoms with Gasteiger partial charge < -0.3 is 19.5 Å². The molecular weight excluding hydrogens is 314 g/mol. The topological polar surface area (TPSA) is 60.4 Å². The number of hydrogen-bond donors (Lipinski definition) is 1. The van der Waals surface area contributed by atoms with Gasteiger partial charge in [-0.25, -0.2) is 0 Å². The number of aliphatic carboxylic acids is 1. The predicted octanol–water partition coefficient (Wildman–Crippen LogP) is 3.21. The zero-order chi connectivity index (χ0) is 19.2. The fourth-order valence-corrected chi connectivity index (χ4v) is 3.04. The van der Waals surface area contributed by atoms with E-state index in [1.54, 1.807) is 12.2 Å². The van der Waals surface area contributed by atoms with Crippen molar-refractivity contribution in [2.45, 2.75) is 76.7 Å². The summed E-state index contributed by atoms with van der Waals surface area (Å²) in [5, 5.41) is 21.4. The lowest BCUT2D eigenvalue weighted by Gasteiger charge is -2.34. The predicted molar refractivity (Wildman–Crippen MR) is 103 cm³/mol. The van der Waals surface area contributed by atoms with Gasteiger partial charge in [-0.05, 0) is 18.9 Å². The maximum atomic E-state index is 10.9. The number of hydrogen-bond acceptors (Lipinski definition) is 3. The summed E-state index contributed by atoms with van der Waals surface area (Å²) in [6.07, 6.45) is 18.4. The highest BCUT2D eigenvalue weighted by atomic mass is 16.4. The highest BCUT2D eigenvalue weighted by molar-refractivity contribution is 5.66. The first-order valence-electron chi connectivity index (χ1n) is 9.75. The van der Waals surface area contributed by atoms with Gasteiger partial charge in [0, 0.05) is 12.4 Å². The van der Waals surface area contributed by atoms with E-state index in [-0.39, 0.29) is 6.42 Å². The first-order valence-corrected chi connectivity index (χ1v) is 9.75. The van der Waals surface area contributed by atoms with Crippen molar-refractivity contribution in [1.29, 1.82) is 0 Å². The fraction of sp³-hybridized carbons (Fsp3) is 0.762. The normalized spacial score (nSPS) is 15.1. The van der Waals surface area contributed by atoms with Crippen molar-refractivity contribution in [3.05, 3.63) is 24.3 Å². The Labute approximate surface area is 154 Å². The quantitative estimate of drug-likeness (QED) is 0.279. The molecule has 0 fully saturated rings. The van der Waals surface area contributed by atoms with Crippen molar-refractivity contribution < 1.29 is 19.5 Å². The van der Waals surface area contributed by atoms with Gasteiger partial charge in [-0.1, -0.05) is 70.1 Å². The Balaban J connectivity index is 4.07. The maximum absolute atomic E-state index is 10.9. The van der Waals surface area contributed by atoms with Gasteiger partial charge >= 0.3 is 0 Å². The van der Waals surface area contributed by atoms with E-state index in [1.807, 2.05) is 27.2 Å². The number of likely N-dealkylation sites (N-methyl/N-ethyl adjacent to an activating group) is 1. The number of nitrogens with zero attached hydrogens (tertiary/aromatic N) is 1. The zero-order valence-corrected chi connectivity index (χ0v) is 16.8. The van der Waals surface area contributed by atoms with Crippen LogP contribution in [0.5, 0.6) is 0 Å². The second-order valence-electron chi connectivity index (χ2n) is 8.15. The van der Waals surface area contributed by atoms with Gasteiger partial charge in [-0.3, -0.25) is 0 Å². The first-order chi connectivity index (χ1) is 11.7. The van der Waals surface area contributed by atoms with Crippen LogP contribution in [-0.4, -0.2) is 48.8 Å². The SMILES string of the molecule is CCCCCCCCCCC=CC=C[C@@](O)(CC(=O)[O-])C[N+](C)(C)C.